The van der Waals surface area contributed by atoms with Crippen molar-refractivity contribution in [2.45, 2.75) is 26.1 Å². The average molecular weight is 465 g/mol. The number of hydrogen-bond donors (Lipinski definition) is 2. The molecule has 0 unspecified atom stereocenters. The molecule has 0 fully saturated rings. The van der Waals surface area contributed by atoms with Gasteiger partial charge in [-0.15, -0.1) is 24.0 Å². The highest BCUT2D eigenvalue weighted by Crippen LogP contribution is 2.19. The fourth-order valence-corrected chi connectivity index (χ4v) is 2.15. The van der Waals surface area contributed by atoms with E-state index in [2.05, 4.69) is 25.3 Å². The molecule has 0 amide bonds. The molecule has 0 saturated heterocycles. The lowest BCUT2D eigenvalue weighted by Crippen LogP contribution is -2.37. The van der Waals surface area contributed by atoms with Crippen molar-refractivity contribution in [3.8, 4) is 5.75 Å². The van der Waals surface area contributed by atoms with Crippen LogP contribution in [-0.2, 0) is 13.1 Å². The first-order chi connectivity index (χ1) is 11.7. The van der Waals surface area contributed by atoms with Gasteiger partial charge in [0, 0.05) is 44.6 Å². The van der Waals surface area contributed by atoms with Gasteiger partial charge >= 0.3 is 6.61 Å². The summed E-state index contributed by atoms with van der Waals surface area (Å²) in [6.07, 6.45) is 6.33. The van der Waals surface area contributed by atoms with Crippen LogP contribution in [0.3, 0.4) is 0 Å². The molecule has 1 aromatic heterocycles. The van der Waals surface area contributed by atoms with Crippen molar-refractivity contribution >= 4 is 29.9 Å². The molecule has 9 heteroatoms. The summed E-state index contributed by atoms with van der Waals surface area (Å²) in [5, 5.41) is 6.27. The number of aliphatic imine (C=N–C) groups is 1. The molecule has 138 valence electrons. The van der Waals surface area contributed by atoms with Crippen LogP contribution in [0.25, 0.3) is 0 Å². The summed E-state index contributed by atoms with van der Waals surface area (Å²) in [7, 11) is 1.66. The summed E-state index contributed by atoms with van der Waals surface area (Å²) in [6, 6.07) is 6.68. The summed E-state index contributed by atoms with van der Waals surface area (Å²) in [4.78, 5) is 8.10. The van der Waals surface area contributed by atoms with E-state index in [0.717, 1.165) is 19.5 Å². The van der Waals surface area contributed by atoms with Crippen LogP contribution in [0.1, 0.15) is 12.0 Å². The monoisotopic (exact) mass is 465 g/mol. The molecule has 1 heterocycles. The number of nitrogens with zero attached hydrogens (tertiary/aromatic N) is 3. The molecule has 0 bridgehead atoms. The highest BCUT2D eigenvalue weighted by Gasteiger charge is 2.09. The van der Waals surface area contributed by atoms with Crippen LogP contribution in [0.2, 0.25) is 0 Å². The molecule has 2 aromatic rings. The number of halogens is 3. The Kier molecular flexibility index (Phi) is 9.81. The molecule has 25 heavy (non-hydrogen) atoms. The van der Waals surface area contributed by atoms with Gasteiger partial charge in [-0.2, -0.15) is 8.78 Å². The number of imidazole rings is 1. The number of hydrogen-bond acceptors (Lipinski definition) is 3. The molecular formula is C16H22F2IN5O. The van der Waals surface area contributed by atoms with Gasteiger partial charge in [0.05, 0.1) is 6.33 Å². The predicted molar refractivity (Wildman–Crippen MR) is 104 cm³/mol. The van der Waals surface area contributed by atoms with Crippen molar-refractivity contribution < 1.29 is 13.5 Å². The normalized spacial score (nSPS) is 11.1. The van der Waals surface area contributed by atoms with Crippen LogP contribution < -0.4 is 15.4 Å². The van der Waals surface area contributed by atoms with Crippen molar-refractivity contribution in [2.24, 2.45) is 4.99 Å². The molecule has 0 radical (unpaired) electrons. The van der Waals surface area contributed by atoms with E-state index < -0.39 is 6.61 Å². The fraction of sp³-hybridized carbons (Fsp3) is 0.375. The zero-order chi connectivity index (χ0) is 17.2. The van der Waals surface area contributed by atoms with Crippen molar-refractivity contribution in [1.82, 2.24) is 20.2 Å². The molecular weight excluding hydrogens is 443 g/mol. The van der Waals surface area contributed by atoms with Gasteiger partial charge in [0.1, 0.15) is 5.75 Å². The van der Waals surface area contributed by atoms with Gasteiger partial charge < -0.3 is 19.9 Å². The number of benzene rings is 1. The van der Waals surface area contributed by atoms with E-state index in [0.29, 0.717) is 18.1 Å². The molecule has 1 aromatic carbocycles. The maximum Gasteiger partial charge on any atom is 0.387 e. The first-order valence-electron chi connectivity index (χ1n) is 7.62. The zero-order valence-electron chi connectivity index (χ0n) is 13.9. The van der Waals surface area contributed by atoms with Gasteiger partial charge in [0.2, 0.25) is 0 Å². The Bertz CT molecular complexity index is 637. The third kappa shape index (κ3) is 7.67. The number of aromatic nitrogens is 2. The smallest absolute Gasteiger partial charge is 0.387 e. The van der Waals surface area contributed by atoms with Crippen molar-refractivity contribution in [3.63, 3.8) is 0 Å². The van der Waals surface area contributed by atoms with E-state index in [4.69, 9.17) is 0 Å². The van der Waals surface area contributed by atoms with Gasteiger partial charge in [0.25, 0.3) is 0 Å². The molecule has 0 aliphatic heterocycles. The van der Waals surface area contributed by atoms with Crippen LogP contribution in [0.15, 0.2) is 48.0 Å². The lowest BCUT2D eigenvalue weighted by Gasteiger charge is -2.14. The van der Waals surface area contributed by atoms with E-state index in [1.165, 1.54) is 6.07 Å². The number of ether oxygens (including phenoxy) is 1. The second-order valence-electron chi connectivity index (χ2n) is 4.99. The minimum absolute atomic E-state index is 0. The van der Waals surface area contributed by atoms with Crippen LogP contribution in [-0.4, -0.2) is 35.7 Å². The summed E-state index contributed by atoms with van der Waals surface area (Å²) < 4.78 is 31.3. The number of para-hydroxylation sites is 1. The maximum atomic E-state index is 12.4. The number of aryl methyl sites for hydroxylation is 1. The van der Waals surface area contributed by atoms with Crippen LogP contribution >= 0.6 is 24.0 Å². The van der Waals surface area contributed by atoms with Gasteiger partial charge in [-0.3, -0.25) is 4.99 Å². The highest BCUT2D eigenvalue weighted by atomic mass is 127. The Hall–Kier alpha value is -1.91. The van der Waals surface area contributed by atoms with Crippen molar-refractivity contribution in [1.29, 1.82) is 0 Å². The molecule has 0 atom stereocenters. The number of nitrogens with one attached hydrogen (secondary N) is 2. The quantitative estimate of drug-likeness (QED) is 0.273. The Labute approximate surface area is 162 Å². The van der Waals surface area contributed by atoms with Gasteiger partial charge in [0.15, 0.2) is 5.96 Å². The number of rotatable bonds is 8. The molecule has 2 N–H and O–H groups in total. The molecule has 0 aliphatic rings. The fourth-order valence-electron chi connectivity index (χ4n) is 2.15. The topological polar surface area (TPSA) is 63.5 Å². The van der Waals surface area contributed by atoms with E-state index in [9.17, 15) is 8.78 Å². The number of alkyl halides is 2. The average Bonchev–Trinajstić information content (AvgIpc) is 3.08. The second kappa shape index (κ2) is 11.6. The minimum atomic E-state index is -2.84. The minimum Gasteiger partial charge on any atom is -0.434 e. The lowest BCUT2D eigenvalue weighted by molar-refractivity contribution is -0.0504. The van der Waals surface area contributed by atoms with E-state index >= 15 is 0 Å². The molecule has 2 rings (SSSR count). The first-order valence-corrected chi connectivity index (χ1v) is 7.62. The largest absolute Gasteiger partial charge is 0.434 e. The number of guanidine groups is 1. The maximum absolute atomic E-state index is 12.4. The summed E-state index contributed by atoms with van der Waals surface area (Å²) in [6.45, 7) is -0.918. The molecule has 6 nitrogen and oxygen atoms in total. The molecule has 0 aliphatic carbocycles. The van der Waals surface area contributed by atoms with Crippen LogP contribution in [0, 0.1) is 0 Å². The first kappa shape index (κ1) is 21.1. The second-order valence-corrected chi connectivity index (χ2v) is 4.99. The van der Waals surface area contributed by atoms with E-state index in [1.807, 2.05) is 10.8 Å². The third-order valence-corrected chi connectivity index (χ3v) is 3.30. The summed E-state index contributed by atoms with van der Waals surface area (Å²) in [5.74, 6) is 0.767. The van der Waals surface area contributed by atoms with Crippen molar-refractivity contribution in [3.05, 3.63) is 48.5 Å². The summed E-state index contributed by atoms with van der Waals surface area (Å²) >= 11 is 0. The highest BCUT2D eigenvalue weighted by molar-refractivity contribution is 14.0. The molecule has 0 spiro atoms. The van der Waals surface area contributed by atoms with Crippen molar-refractivity contribution in [2.75, 3.05) is 13.6 Å². The van der Waals surface area contributed by atoms with E-state index in [-0.39, 0.29) is 29.7 Å². The van der Waals surface area contributed by atoms with Gasteiger partial charge in [-0.05, 0) is 12.5 Å². The summed E-state index contributed by atoms with van der Waals surface area (Å²) in [5.41, 5.74) is 0.638. The Balaban J connectivity index is 0.00000312. The lowest BCUT2D eigenvalue weighted by atomic mass is 10.2. The SMILES string of the molecule is CN=C(NCCCn1ccnc1)NCc1ccccc1OC(F)F.I. The molecule has 0 saturated carbocycles. The van der Waals surface area contributed by atoms with Crippen LogP contribution in [0.4, 0.5) is 8.78 Å². The van der Waals surface area contributed by atoms with Gasteiger partial charge in [-0.1, -0.05) is 18.2 Å². The predicted octanol–water partition coefficient (Wildman–Crippen LogP) is 2.86. The standard InChI is InChI=1S/C16H21F2N5O.HI/c1-19-16(21-7-4-9-23-10-8-20-12-23)22-11-13-5-2-3-6-14(13)24-15(17)18;/h2-3,5-6,8,10,12,15H,4,7,9,11H2,1H3,(H2,19,21,22);1H. The Morgan fingerprint density at radius 3 is 2.80 bits per heavy atom. The Morgan fingerprint density at radius 1 is 1.32 bits per heavy atom. The van der Waals surface area contributed by atoms with E-state index in [1.54, 1.807) is 37.8 Å². The zero-order valence-corrected chi connectivity index (χ0v) is 16.2. The van der Waals surface area contributed by atoms with Crippen LogP contribution in [0.5, 0.6) is 5.75 Å². The Morgan fingerprint density at radius 2 is 2.12 bits per heavy atom. The van der Waals surface area contributed by atoms with Gasteiger partial charge in [-0.25, -0.2) is 4.98 Å². The third-order valence-electron chi connectivity index (χ3n) is 3.30.